The molecule has 8 heteroatoms. The Morgan fingerprint density at radius 2 is 1.72 bits per heavy atom. The normalized spacial score (nSPS) is 20.2. The number of ether oxygens (including phenoxy) is 2. The Bertz CT molecular complexity index is 1080. The van der Waals surface area contributed by atoms with Crippen molar-refractivity contribution in [2.75, 3.05) is 46.0 Å². The van der Waals surface area contributed by atoms with E-state index in [4.69, 9.17) is 21.1 Å². The Labute approximate surface area is 217 Å². The number of morpholine rings is 1. The molecule has 0 aliphatic carbocycles. The number of hydrogen-bond acceptors (Lipinski definition) is 6. The van der Waals surface area contributed by atoms with Gasteiger partial charge in [0.25, 0.3) is 11.7 Å². The van der Waals surface area contributed by atoms with E-state index in [0.29, 0.717) is 43.4 Å². The molecule has 2 aliphatic rings. The molecule has 0 unspecified atom stereocenters. The Morgan fingerprint density at radius 3 is 2.39 bits per heavy atom. The Hall–Kier alpha value is -2.87. The van der Waals surface area contributed by atoms with Crippen LogP contribution in [-0.4, -0.2) is 72.6 Å². The van der Waals surface area contributed by atoms with Crippen LogP contribution < -0.4 is 4.74 Å². The number of Topliss-reactive ketones (excluding diaryl/α,β-unsaturated/α-hetero) is 1. The predicted octanol–water partition coefficient (Wildman–Crippen LogP) is 4.66. The maximum absolute atomic E-state index is 13.2. The third-order valence-electron chi connectivity index (χ3n) is 6.60. The molecule has 0 bridgehead atoms. The van der Waals surface area contributed by atoms with Crippen molar-refractivity contribution < 1.29 is 24.2 Å². The van der Waals surface area contributed by atoms with Crippen LogP contribution in [0.25, 0.3) is 5.76 Å². The molecule has 1 atom stereocenters. The van der Waals surface area contributed by atoms with Crippen molar-refractivity contribution in [1.82, 2.24) is 9.80 Å². The Morgan fingerprint density at radius 1 is 1.03 bits per heavy atom. The molecule has 2 aromatic carbocycles. The summed E-state index contributed by atoms with van der Waals surface area (Å²) in [6, 6.07) is 13.3. The number of carbonyl (C=O) groups is 2. The molecule has 4 rings (SSSR count). The smallest absolute Gasteiger partial charge is 0.295 e. The minimum absolute atomic E-state index is 0.0911. The van der Waals surface area contributed by atoms with Gasteiger partial charge in [-0.05, 0) is 54.8 Å². The highest BCUT2D eigenvalue weighted by molar-refractivity contribution is 6.46. The lowest BCUT2D eigenvalue weighted by molar-refractivity contribution is -0.140. The van der Waals surface area contributed by atoms with E-state index in [1.54, 1.807) is 29.2 Å². The lowest BCUT2D eigenvalue weighted by Gasteiger charge is -2.29. The van der Waals surface area contributed by atoms with Gasteiger partial charge < -0.3 is 19.5 Å². The number of hydrogen-bond donors (Lipinski definition) is 1. The van der Waals surface area contributed by atoms with Gasteiger partial charge in [-0.2, -0.15) is 0 Å². The van der Waals surface area contributed by atoms with Gasteiger partial charge in [0, 0.05) is 36.8 Å². The molecule has 0 aromatic heterocycles. The molecular formula is C28H33ClN2O5. The first-order chi connectivity index (χ1) is 17.5. The van der Waals surface area contributed by atoms with Gasteiger partial charge in [0.05, 0.1) is 31.4 Å². The molecule has 1 N–H and O–H groups in total. The van der Waals surface area contributed by atoms with E-state index in [9.17, 15) is 14.7 Å². The minimum atomic E-state index is -0.685. The SMILES string of the molecule is CCCCOc1ccc([C@@H]2C(=C(O)c3ccc(Cl)cc3)C(=O)C(=O)N2CCCN2CCOCC2)cc1. The lowest BCUT2D eigenvalue weighted by Crippen LogP contribution is -2.38. The van der Waals surface area contributed by atoms with Gasteiger partial charge >= 0.3 is 0 Å². The van der Waals surface area contributed by atoms with E-state index >= 15 is 0 Å². The summed E-state index contributed by atoms with van der Waals surface area (Å²) in [6.07, 6.45) is 2.72. The third-order valence-corrected chi connectivity index (χ3v) is 6.85. The maximum Gasteiger partial charge on any atom is 0.295 e. The summed E-state index contributed by atoms with van der Waals surface area (Å²) in [5, 5.41) is 11.7. The zero-order valence-corrected chi connectivity index (χ0v) is 21.4. The van der Waals surface area contributed by atoms with Crippen LogP contribution in [0.2, 0.25) is 5.02 Å². The van der Waals surface area contributed by atoms with Gasteiger partial charge in [-0.15, -0.1) is 0 Å². The average molecular weight is 513 g/mol. The molecule has 36 heavy (non-hydrogen) atoms. The van der Waals surface area contributed by atoms with Crippen LogP contribution >= 0.6 is 11.6 Å². The number of halogens is 1. The first-order valence-electron chi connectivity index (χ1n) is 12.6. The van der Waals surface area contributed by atoms with Gasteiger partial charge in [0.15, 0.2) is 0 Å². The molecule has 2 heterocycles. The van der Waals surface area contributed by atoms with Gasteiger partial charge in [-0.3, -0.25) is 14.5 Å². The fourth-order valence-corrected chi connectivity index (χ4v) is 4.72. The first kappa shape index (κ1) is 26.2. The van der Waals surface area contributed by atoms with Crippen LogP contribution in [0.1, 0.15) is 43.4 Å². The standard InChI is InChI=1S/C28H33ClN2O5/c1-2-3-17-36-23-11-7-20(8-12-23)25-24(26(32)21-5-9-22(29)10-6-21)27(33)28(34)31(25)14-4-13-30-15-18-35-19-16-30/h5-12,25,32H,2-4,13-19H2,1H3/t25-/m1/s1. The quantitative estimate of drug-likeness (QED) is 0.216. The number of aliphatic hydroxyl groups is 1. The van der Waals surface area contributed by atoms with Crippen molar-refractivity contribution in [2.45, 2.75) is 32.2 Å². The molecule has 2 aliphatic heterocycles. The van der Waals surface area contributed by atoms with Gasteiger partial charge in [-0.25, -0.2) is 0 Å². The molecular weight excluding hydrogens is 480 g/mol. The molecule has 1 amide bonds. The summed E-state index contributed by atoms with van der Waals surface area (Å²) in [4.78, 5) is 30.2. The Balaban J connectivity index is 1.62. The minimum Gasteiger partial charge on any atom is -0.507 e. The van der Waals surface area contributed by atoms with Crippen LogP contribution in [0.4, 0.5) is 0 Å². The number of nitrogens with zero attached hydrogens (tertiary/aromatic N) is 2. The van der Waals surface area contributed by atoms with Crippen molar-refractivity contribution in [3.8, 4) is 5.75 Å². The number of unbranched alkanes of at least 4 members (excludes halogenated alkanes) is 1. The van der Waals surface area contributed by atoms with Gasteiger partial charge in [0.2, 0.25) is 0 Å². The van der Waals surface area contributed by atoms with Crippen LogP contribution in [0.3, 0.4) is 0 Å². The number of amides is 1. The molecule has 0 spiro atoms. The number of rotatable bonds is 10. The van der Waals surface area contributed by atoms with Gasteiger partial charge in [-0.1, -0.05) is 37.1 Å². The fourth-order valence-electron chi connectivity index (χ4n) is 4.59. The number of carbonyl (C=O) groups excluding carboxylic acids is 2. The zero-order valence-electron chi connectivity index (χ0n) is 20.6. The van der Waals surface area contributed by atoms with E-state index in [-0.39, 0.29) is 11.3 Å². The molecule has 2 aromatic rings. The van der Waals surface area contributed by atoms with Crippen molar-refractivity contribution >= 4 is 29.1 Å². The summed E-state index contributed by atoms with van der Waals surface area (Å²) >= 11 is 6.01. The summed E-state index contributed by atoms with van der Waals surface area (Å²) in [5.74, 6) is -0.744. The Kier molecular flexibility index (Phi) is 9.02. The highest BCUT2D eigenvalue weighted by Crippen LogP contribution is 2.40. The molecule has 2 fully saturated rings. The second-order valence-electron chi connectivity index (χ2n) is 9.08. The number of likely N-dealkylation sites (tertiary alicyclic amines) is 1. The van der Waals surface area contributed by atoms with Crippen LogP contribution in [0.5, 0.6) is 5.75 Å². The first-order valence-corrected chi connectivity index (χ1v) is 12.9. The monoisotopic (exact) mass is 512 g/mol. The molecule has 2 saturated heterocycles. The average Bonchev–Trinajstić information content (AvgIpc) is 3.15. The van der Waals surface area contributed by atoms with Crippen molar-refractivity contribution in [3.05, 3.63) is 70.3 Å². The highest BCUT2D eigenvalue weighted by Gasteiger charge is 2.45. The predicted molar refractivity (Wildman–Crippen MR) is 139 cm³/mol. The second kappa shape index (κ2) is 12.4. The van der Waals surface area contributed by atoms with Crippen molar-refractivity contribution in [2.24, 2.45) is 0 Å². The second-order valence-corrected chi connectivity index (χ2v) is 9.51. The van der Waals surface area contributed by atoms with Crippen LogP contribution in [0.15, 0.2) is 54.1 Å². The van der Waals surface area contributed by atoms with Crippen LogP contribution in [0, 0.1) is 0 Å². The van der Waals surface area contributed by atoms with Crippen molar-refractivity contribution in [3.63, 3.8) is 0 Å². The largest absolute Gasteiger partial charge is 0.507 e. The van der Waals surface area contributed by atoms with E-state index in [1.807, 2.05) is 24.3 Å². The maximum atomic E-state index is 13.2. The summed E-state index contributed by atoms with van der Waals surface area (Å²) in [6.45, 7) is 7.08. The molecule has 192 valence electrons. The van der Waals surface area contributed by atoms with E-state index in [1.165, 1.54) is 0 Å². The summed E-state index contributed by atoms with van der Waals surface area (Å²) < 4.78 is 11.2. The summed E-state index contributed by atoms with van der Waals surface area (Å²) in [7, 11) is 0. The fraction of sp³-hybridized carbons (Fsp3) is 0.429. The molecule has 0 radical (unpaired) electrons. The number of ketones is 1. The zero-order chi connectivity index (χ0) is 25.5. The number of aliphatic hydroxyl groups excluding tert-OH is 1. The molecule has 7 nitrogen and oxygen atoms in total. The van der Waals surface area contributed by atoms with Crippen LogP contribution in [-0.2, 0) is 14.3 Å². The molecule has 0 saturated carbocycles. The highest BCUT2D eigenvalue weighted by atomic mass is 35.5. The van der Waals surface area contributed by atoms with Gasteiger partial charge in [0.1, 0.15) is 11.5 Å². The lowest BCUT2D eigenvalue weighted by atomic mass is 9.95. The van der Waals surface area contributed by atoms with E-state index < -0.39 is 17.7 Å². The van der Waals surface area contributed by atoms with E-state index in [0.717, 1.165) is 43.8 Å². The van der Waals surface area contributed by atoms with E-state index in [2.05, 4.69) is 11.8 Å². The third kappa shape index (κ3) is 6.09. The topological polar surface area (TPSA) is 79.3 Å². The summed E-state index contributed by atoms with van der Waals surface area (Å²) in [5.41, 5.74) is 1.28. The van der Waals surface area contributed by atoms with Crippen molar-refractivity contribution in [1.29, 1.82) is 0 Å². The number of benzene rings is 2.